The molecular weight excluding hydrogens is 310 g/mol. The summed E-state index contributed by atoms with van der Waals surface area (Å²) in [4.78, 5) is 26.2. The average molecular weight is 333 g/mol. The van der Waals surface area contributed by atoms with Gasteiger partial charge in [0, 0.05) is 37.7 Å². The van der Waals surface area contributed by atoms with E-state index < -0.39 is 11.9 Å². The van der Waals surface area contributed by atoms with Crippen LogP contribution in [0.4, 0.5) is 0 Å². The number of amides is 1. The van der Waals surface area contributed by atoms with Crippen LogP contribution < -0.4 is 5.32 Å². The Balaban J connectivity index is 1.37. The number of carboxylic acid groups (broad SMARTS) is 1. The van der Waals surface area contributed by atoms with E-state index in [4.69, 9.17) is 4.52 Å². The van der Waals surface area contributed by atoms with Crippen LogP contribution >= 0.6 is 0 Å². The second-order valence-corrected chi connectivity index (χ2v) is 7.41. The van der Waals surface area contributed by atoms with Crippen LogP contribution in [0, 0.1) is 11.8 Å². The van der Waals surface area contributed by atoms with Gasteiger partial charge in [-0.15, -0.1) is 0 Å². The van der Waals surface area contributed by atoms with E-state index in [2.05, 4.69) is 15.4 Å². The standard InChI is InChI=1S/C17H23N3O4/c21-16(14-7-15(24-19-14)11-3-4-11)18-13-5-6-20(8-10-1-2-10)9-12(13)17(22)23/h7,10-13H,1-6,8-9H2,(H,18,21)(H,22,23)/t12-,13-/m1/s1. The van der Waals surface area contributed by atoms with E-state index in [0.29, 0.717) is 18.9 Å². The second kappa shape index (κ2) is 6.20. The molecule has 2 N–H and O–H groups in total. The molecule has 2 aliphatic carbocycles. The maximum Gasteiger partial charge on any atom is 0.309 e. The SMILES string of the molecule is O=C(N[C@@H]1CCN(CC2CC2)C[C@H]1C(=O)O)c1cc(C2CC2)on1. The van der Waals surface area contributed by atoms with Gasteiger partial charge in [-0.3, -0.25) is 9.59 Å². The number of piperidine rings is 1. The molecule has 1 aliphatic heterocycles. The van der Waals surface area contributed by atoms with Crippen molar-refractivity contribution in [1.82, 2.24) is 15.4 Å². The summed E-state index contributed by atoms with van der Waals surface area (Å²) in [5.41, 5.74) is 0.251. The van der Waals surface area contributed by atoms with E-state index in [1.165, 1.54) is 12.8 Å². The second-order valence-electron chi connectivity index (χ2n) is 7.41. The normalized spacial score (nSPS) is 27.8. The smallest absolute Gasteiger partial charge is 0.309 e. The number of carboxylic acids is 1. The Kier molecular flexibility index (Phi) is 4.04. The number of nitrogens with one attached hydrogen (secondary N) is 1. The molecule has 1 aromatic heterocycles. The molecule has 4 rings (SSSR count). The number of likely N-dealkylation sites (tertiary alicyclic amines) is 1. The zero-order valence-corrected chi connectivity index (χ0v) is 13.6. The van der Waals surface area contributed by atoms with Crippen LogP contribution in [-0.4, -0.2) is 52.7 Å². The summed E-state index contributed by atoms with van der Waals surface area (Å²) >= 11 is 0. The van der Waals surface area contributed by atoms with Gasteiger partial charge in [-0.1, -0.05) is 5.16 Å². The number of hydrogen-bond donors (Lipinski definition) is 2. The first-order valence-electron chi connectivity index (χ1n) is 8.83. The lowest BCUT2D eigenvalue weighted by Gasteiger charge is -2.36. The summed E-state index contributed by atoms with van der Waals surface area (Å²) in [6, 6.07) is 1.33. The monoisotopic (exact) mass is 333 g/mol. The minimum Gasteiger partial charge on any atom is -0.481 e. The highest BCUT2D eigenvalue weighted by molar-refractivity contribution is 5.92. The Labute approximate surface area is 140 Å². The van der Waals surface area contributed by atoms with Gasteiger partial charge < -0.3 is 19.8 Å². The van der Waals surface area contributed by atoms with Crippen molar-refractivity contribution in [3.05, 3.63) is 17.5 Å². The number of aliphatic carboxylic acids is 1. The third-order valence-corrected chi connectivity index (χ3v) is 5.28. The van der Waals surface area contributed by atoms with Gasteiger partial charge in [0.2, 0.25) is 0 Å². The minimum absolute atomic E-state index is 0.251. The lowest BCUT2D eigenvalue weighted by Crippen LogP contribution is -2.53. The molecule has 2 heterocycles. The first kappa shape index (κ1) is 15.6. The predicted molar refractivity (Wildman–Crippen MR) is 84.6 cm³/mol. The van der Waals surface area contributed by atoms with Crippen molar-refractivity contribution >= 4 is 11.9 Å². The molecule has 0 bridgehead atoms. The molecule has 7 nitrogen and oxygen atoms in total. The lowest BCUT2D eigenvalue weighted by atomic mass is 9.91. The molecule has 24 heavy (non-hydrogen) atoms. The number of carbonyl (C=O) groups excluding carboxylic acids is 1. The molecule has 0 unspecified atom stereocenters. The van der Waals surface area contributed by atoms with Gasteiger partial charge in [-0.25, -0.2) is 0 Å². The molecule has 3 aliphatic rings. The third kappa shape index (κ3) is 3.45. The van der Waals surface area contributed by atoms with Crippen molar-refractivity contribution in [3.63, 3.8) is 0 Å². The predicted octanol–water partition coefficient (Wildman–Crippen LogP) is 1.47. The van der Waals surface area contributed by atoms with Crippen LogP contribution in [0.3, 0.4) is 0 Å². The Hall–Kier alpha value is -1.89. The summed E-state index contributed by atoms with van der Waals surface area (Å²) in [7, 11) is 0. The maximum atomic E-state index is 12.4. The highest BCUT2D eigenvalue weighted by Gasteiger charge is 2.37. The first-order valence-corrected chi connectivity index (χ1v) is 8.83. The fourth-order valence-corrected chi connectivity index (χ4v) is 3.47. The van der Waals surface area contributed by atoms with Gasteiger partial charge >= 0.3 is 5.97 Å². The Bertz CT molecular complexity index is 636. The minimum atomic E-state index is -0.848. The van der Waals surface area contributed by atoms with Crippen molar-refractivity contribution in [1.29, 1.82) is 0 Å². The topological polar surface area (TPSA) is 95.7 Å². The van der Waals surface area contributed by atoms with Crippen molar-refractivity contribution < 1.29 is 19.2 Å². The van der Waals surface area contributed by atoms with Gasteiger partial charge in [0.15, 0.2) is 5.69 Å². The number of nitrogens with zero attached hydrogens (tertiary/aromatic N) is 2. The fraction of sp³-hybridized carbons (Fsp3) is 0.706. The molecule has 2 saturated carbocycles. The molecular formula is C17H23N3O4. The van der Waals surface area contributed by atoms with E-state index in [1.807, 2.05) is 0 Å². The van der Waals surface area contributed by atoms with Crippen LogP contribution in [0.25, 0.3) is 0 Å². The van der Waals surface area contributed by atoms with Crippen molar-refractivity contribution in [2.45, 2.75) is 44.1 Å². The summed E-state index contributed by atoms with van der Waals surface area (Å²) < 4.78 is 5.21. The first-order chi connectivity index (χ1) is 11.6. The zero-order chi connectivity index (χ0) is 16.7. The van der Waals surface area contributed by atoms with Gasteiger partial charge in [0.25, 0.3) is 5.91 Å². The molecule has 0 radical (unpaired) electrons. The van der Waals surface area contributed by atoms with Gasteiger partial charge in [0.05, 0.1) is 5.92 Å². The molecule has 3 fully saturated rings. The molecule has 130 valence electrons. The number of aromatic nitrogens is 1. The molecule has 0 aromatic carbocycles. The molecule has 7 heteroatoms. The summed E-state index contributed by atoms with van der Waals surface area (Å²) in [5.74, 6) is 0.139. The Morgan fingerprint density at radius 1 is 1.29 bits per heavy atom. The largest absolute Gasteiger partial charge is 0.481 e. The van der Waals surface area contributed by atoms with Crippen molar-refractivity contribution in [2.24, 2.45) is 11.8 Å². The Morgan fingerprint density at radius 2 is 2.08 bits per heavy atom. The lowest BCUT2D eigenvalue weighted by molar-refractivity contribution is -0.144. The van der Waals surface area contributed by atoms with Crippen LogP contribution in [0.2, 0.25) is 0 Å². The van der Waals surface area contributed by atoms with Crippen molar-refractivity contribution in [2.75, 3.05) is 19.6 Å². The molecule has 1 saturated heterocycles. The zero-order valence-electron chi connectivity index (χ0n) is 13.6. The third-order valence-electron chi connectivity index (χ3n) is 5.28. The number of carbonyl (C=O) groups is 2. The van der Waals surface area contributed by atoms with Gasteiger partial charge in [0.1, 0.15) is 5.76 Å². The fourth-order valence-electron chi connectivity index (χ4n) is 3.47. The summed E-state index contributed by atoms with van der Waals surface area (Å²) in [5, 5.41) is 16.2. The number of hydrogen-bond acceptors (Lipinski definition) is 5. The quantitative estimate of drug-likeness (QED) is 0.818. The Morgan fingerprint density at radius 3 is 2.75 bits per heavy atom. The van der Waals surface area contributed by atoms with Gasteiger partial charge in [-0.2, -0.15) is 0 Å². The summed E-state index contributed by atoms with van der Waals surface area (Å²) in [6.45, 7) is 2.32. The van der Waals surface area contributed by atoms with Crippen LogP contribution in [0.5, 0.6) is 0 Å². The molecule has 0 spiro atoms. The maximum absolute atomic E-state index is 12.4. The molecule has 2 atom stereocenters. The van der Waals surface area contributed by atoms with Crippen LogP contribution in [-0.2, 0) is 4.79 Å². The van der Waals surface area contributed by atoms with E-state index in [1.54, 1.807) is 6.07 Å². The molecule has 1 aromatic rings. The van der Waals surface area contributed by atoms with E-state index in [0.717, 1.165) is 37.6 Å². The van der Waals surface area contributed by atoms with Gasteiger partial charge in [-0.05, 0) is 38.0 Å². The number of rotatable bonds is 6. The highest BCUT2D eigenvalue weighted by atomic mass is 16.5. The van der Waals surface area contributed by atoms with E-state index in [9.17, 15) is 14.7 Å². The highest BCUT2D eigenvalue weighted by Crippen LogP contribution is 2.40. The van der Waals surface area contributed by atoms with E-state index in [-0.39, 0.29) is 17.6 Å². The average Bonchev–Trinajstić information content (AvgIpc) is 3.49. The molecule has 1 amide bonds. The summed E-state index contributed by atoms with van der Waals surface area (Å²) in [6.07, 6.45) is 5.32. The van der Waals surface area contributed by atoms with E-state index >= 15 is 0 Å². The van der Waals surface area contributed by atoms with Crippen molar-refractivity contribution in [3.8, 4) is 0 Å². The van der Waals surface area contributed by atoms with Crippen LogP contribution in [0.1, 0.15) is 54.3 Å². The van der Waals surface area contributed by atoms with Crippen LogP contribution in [0.15, 0.2) is 10.6 Å².